The molecule has 3 nitrogen and oxygen atoms in total. The average Bonchev–Trinajstić information content (AvgIpc) is 2.82. The van der Waals surface area contributed by atoms with E-state index in [0.717, 1.165) is 42.6 Å². The highest BCUT2D eigenvalue weighted by Gasteiger charge is 2.54. The van der Waals surface area contributed by atoms with Crippen molar-refractivity contribution < 1.29 is 14.3 Å². The molecule has 0 N–H and O–H groups in total. The summed E-state index contributed by atoms with van der Waals surface area (Å²) in [6.45, 7) is 0. The Hall–Kier alpha value is -1.35. The van der Waals surface area contributed by atoms with Gasteiger partial charge in [-0.1, -0.05) is 11.6 Å². The third-order valence-corrected chi connectivity index (χ3v) is 6.89. The van der Waals surface area contributed by atoms with Gasteiger partial charge in [0.25, 0.3) is 0 Å². The van der Waals surface area contributed by atoms with Crippen molar-refractivity contribution in [2.45, 2.75) is 50.5 Å². The highest BCUT2D eigenvalue weighted by molar-refractivity contribution is 6.31. The monoisotopic (exact) mass is 344 g/mol. The molecule has 0 radical (unpaired) electrons. The Morgan fingerprint density at radius 1 is 1.08 bits per heavy atom. The van der Waals surface area contributed by atoms with Gasteiger partial charge in [-0.2, -0.15) is 0 Å². The molecule has 24 heavy (non-hydrogen) atoms. The van der Waals surface area contributed by atoms with Gasteiger partial charge in [0.15, 0.2) is 5.78 Å². The maximum absolute atomic E-state index is 12.8. The summed E-state index contributed by atoms with van der Waals surface area (Å²) < 4.78 is 6.07. The minimum atomic E-state index is -0.675. The second-order valence-electron chi connectivity index (χ2n) is 8.44. The van der Waals surface area contributed by atoms with Crippen LogP contribution >= 0.6 is 11.6 Å². The number of benzene rings is 1. The number of carbonyl (C=O) groups is 2. The van der Waals surface area contributed by atoms with E-state index in [0.29, 0.717) is 17.0 Å². The summed E-state index contributed by atoms with van der Waals surface area (Å²) in [6.07, 6.45) is 7.37. The highest BCUT2D eigenvalue weighted by atomic mass is 35.5. The molecule has 0 aliphatic heterocycles. The van der Waals surface area contributed by atoms with E-state index in [1.165, 1.54) is 19.3 Å². The molecule has 4 bridgehead atoms. The van der Waals surface area contributed by atoms with Gasteiger partial charge in [-0.15, -0.1) is 0 Å². The minimum Gasteiger partial charge on any atom is -0.458 e. The summed E-state index contributed by atoms with van der Waals surface area (Å²) in [7, 11) is 0. The minimum absolute atomic E-state index is 0.101. The van der Waals surface area contributed by atoms with E-state index in [4.69, 9.17) is 16.3 Å². The molecule has 5 aliphatic rings. The Morgan fingerprint density at radius 2 is 1.71 bits per heavy atom. The molecule has 1 aromatic rings. The van der Waals surface area contributed by atoms with Gasteiger partial charge in [-0.3, -0.25) is 9.59 Å². The Kier molecular flexibility index (Phi) is 3.16. The van der Waals surface area contributed by atoms with Crippen LogP contribution in [0.5, 0.6) is 0 Å². The molecule has 126 valence electrons. The van der Waals surface area contributed by atoms with Gasteiger partial charge in [0.05, 0.1) is 0 Å². The number of ether oxygens (including phenoxy) is 1. The number of rotatable bonds is 2. The Morgan fingerprint density at radius 3 is 2.33 bits per heavy atom. The van der Waals surface area contributed by atoms with E-state index in [2.05, 4.69) is 0 Å². The van der Waals surface area contributed by atoms with Crippen LogP contribution in [0.15, 0.2) is 18.2 Å². The van der Waals surface area contributed by atoms with Gasteiger partial charge < -0.3 is 4.74 Å². The molecule has 4 saturated carbocycles. The number of ketones is 1. The zero-order chi connectivity index (χ0) is 16.5. The Bertz CT molecular complexity index is 703. The highest BCUT2D eigenvalue weighted by Crippen LogP contribution is 2.57. The smallest absolute Gasteiger partial charge is 0.317 e. The fourth-order valence-corrected chi connectivity index (χ4v) is 6.30. The van der Waals surface area contributed by atoms with Crippen molar-refractivity contribution in [2.24, 2.45) is 23.7 Å². The van der Waals surface area contributed by atoms with Gasteiger partial charge >= 0.3 is 5.97 Å². The van der Waals surface area contributed by atoms with Crippen molar-refractivity contribution >= 4 is 23.4 Å². The summed E-state index contributed by atoms with van der Waals surface area (Å²) in [5, 5.41) is 0.608. The fraction of sp³-hybridized carbons (Fsp3) is 0.600. The summed E-state index contributed by atoms with van der Waals surface area (Å²) in [4.78, 5) is 25.4. The third-order valence-electron chi connectivity index (χ3n) is 6.66. The lowest BCUT2D eigenvalue weighted by Gasteiger charge is -2.55. The SMILES string of the molecule is O=C(OC12CC3CC(CC(C3)C1)C2)C1Cc2cc(Cl)ccc2C1=O. The molecule has 4 heteroatoms. The van der Waals surface area contributed by atoms with E-state index in [1.54, 1.807) is 18.2 Å². The van der Waals surface area contributed by atoms with Gasteiger partial charge in [-0.25, -0.2) is 0 Å². The van der Waals surface area contributed by atoms with E-state index in [9.17, 15) is 9.59 Å². The predicted octanol–water partition coefficient (Wildman–Crippen LogP) is 4.21. The quantitative estimate of drug-likeness (QED) is 0.596. The van der Waals surface area contributed by atoms with Crippen molar-refractivity contribution in [3.63, 3.8) is 0 Å². The van der Waals surface area contributed by atoms with Crippen LogP contribution in [-0.2, 0) is 16.0 Å². The number of halogens is 1. The molecule has 0 heterocycles. The number of fused-ring (bicyclic) bond motifs is 1. The zero-order valence-electron chi connectivity index (χ0n) is 13.6. The Labute approximate surface area is 146 Å². The molecule has 0 amide bonds. The van der Waals surface area contributed by atoms with Gasteiger partial charge in [0, 0.05) is 10.6 Å². The average molecular weight is 345 g/mol. The molecule has 1 atom stereocenters. The van der Waals surface area contributed by atoms with Crippen LogP contribution in [0.1, 0.15) is 54.4 Å². The van der Waals surface area contributed by atoms with Gasteiger partial charge in [0.1, 0.15) is 11.5 Å². The topological polar surface area (TPSA) is 43.4 Å². The van der Waals surface area contributed by atoms with E-state index in [-0.39, 0.29) is 17.4 Å². The predicted molar refractivity (Wildman–Crippen MR) is 90.0 cm³/mol. The standard InChI is InChI=1S/C20H21ClO3/c21-15-1-2-16-14(6-15)7-17(18(16)22)19(23)24-20-8-11-3-12(9-20)5-13(4-11)10-20/h1-2,6,11-13,17H,3-5,7-10H2. The maximum atomic E-state index is 12.8. The molecule has 0 saturated heterocycles. The van der Waals surface area contributed by atoms with E-state index < -0.39 is 5.92 Å². The van der Waals surface area contributed by atoms with Crippen LogP contribution in [0.2, 0.25) is 5.02 Å². The first kappa shape index (κ1) is 14.9. The molecule has 1 aromatic carbocycles. The largest absolute Gasteiger partial charge is 0.458 e. The number of esters is 1. The molecular formula is C20H21ClO3. The lowest BCUT2D eigenvalue weighted by molar-refractivity contribution is -0.189. The van der Waals surface area contributed by atoms with Crippen LogP contribution in [0.3, 0.4) is 0 Å². The molecule has 0 aromatic heterocycles. The van der Waals surface area contributed by atoms with Crippen LogP contribution in [0.4, 0.5) is 0 Å². The number of carbonyl (C=O) groups excluding carboxylic acids is 2. The lowest BCUT2D eigenvalue weighted by atomic mass is 9.54. The van der Waals surface area contributed by atoms with Crippen molar-refractivity contribution in [2.75, 3.05) is 0 Å². The zero-order valence-corrected chi connectivity index (χ0v) is 14.3. The van der Waals surface area contributed by atoms with Crippen LogP contribution in [0, 0.1) is 23.7 Å². The first-order valence-corrected chi connectivity index (χ1v) is 9.45. The van der Waals surface area contributed by atoms with Crippen molar-refractivity contribution in [3.8, 4) is 0 Å². The van der Waals surface area contributed by atoms with Crippen LogP contribution in [-0.4, -0.2) is 17.4 Å². The molecular weight excluding hydrogens is 324 g/mol. The van der Waals surface area contributed by atoms with E-state index >= 15 is 0 Å². The summed E-state index contributed by atoms with van der Waals surface area (Å²) in [6, 6.07) is 5.25. The molecule has 0 spiro atoms. The molecule has 1 unspecified atom stereocenters. The second-order valence-corrected chi connectivity index (χ2v) is 8.88. The van der Waals surface area contributed by atoms with Gasteiger partial charge in [0.2, 0.25) is 0 Å². The normalized spacial score (nSPS) is 39.1. The number of Topliss-reactive ketones (excluding diaryl/α,β-unsaturated/α-hetero) is 1. The molecule has 5 aliphatic carbocycles. The summed E-state index contributed by atoms with van der Waals surface area (Å²) in [5.41, 5.74) is 1.23. The van der Waals surface area contributed by atoms with Crippen molar-refractivity contribution in [1.82, 2.24) is 0 Å². The molecule has 4 fully saturated rings. The number of hydrogen-bond donors (Lipinski definition) is 0. The second kappa shape index (κ2) is 5.08. The van der Waals surface area contributed by atoms with Crippen LogP contribution < -0.4 is 0 Å². The fourth-order valence-electron chi connectivity index (χ4n) is 6.10. The maximum Gasteiger partial charge on any atom is 0.317 e. The first-order valence-electron chi connectivity index (χ1n) is 9.07. The third kappa shape index (κ3) is 2.24. The summed E-state index contributed by atoms with van der Waals surface area (Å²) >= 11 is 6.02. The van der Waals surface area contributed by atoms with Gasteiger partial charge in [-0.05, 0) is 86.5 Å². The van der Waals surface area contributed by atoms with Crippen LogP contribution in [0.25, 0.3) is 0 Å². The lowest BCUT2D eigenvalue weighted by Crippen LogP contribution is -2.53. The van der Waals surface area contributed by atoms with Crippen molar-refractivity contribution in [1.29, 1.82) is 0 Å². The Balaban J connectivity index is 1.36. The first-order chi connectivity index (χ1) is 11.5. The number of hydrogen-bond acceptors (Lipinski definition) is 3. The summed E-state index contributed by atoms with van der Waals surface area (Å²) in [5.74, 6) is 1.08. The van der Waals surface area contributed by atoms with Crippen molar-refractivity contribution in [3.05, 3.63) is 34.3 Å². The molecule has 6 rings (SSSR count). The van der Waals surface area contributed by atoms with E-state index in [1.807, 2.05) is 0 Å².